The van der Waals surface area contributed by atoms with Crippen LogP contribution in [0, 0.1) is 5.92 Å². The Balaban J connectivity index is 2.75. The highest BCUT2D eigenvalue weighted by Gasteiger charge is 2.19. The fourth-order valence-electron chi connectivity index (χ4n) is 1.86. The van der Waals surface area contributed by atoms with E-state index in [1.54, 1.807) is 0 Å². The molecule has 1 unspecified atom stereocenters. The standard InChI is InChI=1S/C15H23NO/c1-5-12-7-9-13(10-8-12)16-15(11(3)4)14(17)6-2/h7-11,15-16H,5-6H2,1-4H3. The normalized spacial score (nSPS) is 12.5. The zero-order valence-electron chi connectivity index (χ0n) is 11.3. The first kappa shape index (κ1) is 13.8. The van der Waals surface area contributed by atoms with Crippen molar-refractivity contribution in [3.63, 3.8) is 0 Å². The maximum Gasteiger partial charge on any atom is 0.154 e. The second kappa shape index (κ2) is 6.43. The van der Waals surface area contributed by atoms with Crippen LogP contribution in [-0.2, 0) is 11.2 Å². The molecule has 0 spiro atoms. The fourth-order valence-corrected chi connectivity index (χ4v) is 1.86. The second-order valence-electron chi connectivity index (χ2n) is 4.74. The summed E-state index contributed by atoms with van der Waals surface area (Å²) in [6.45, 7) is 8.21. The van der Waals surface area contributed by atoms with Crippen LogP contribution in [0.15, 0.2) is 24.3 Å². The van der Waals surface area contributed by atoms with Crippen LogP contribution in [0.4, 0.5) is 5.69 Å². The predicted octanol–water partition coefficient (Wildman–Crippen LogP) is 3.66. The zero-order chi connectivity index (χ0) is 12.8. The largest absolute Gasteiger partial charge is 0.375 e. The van der Waals surface area contributed by atoms with Gasteiger partial charge in [-0.05, 0) is 30.0 Å². The van der Waals surface area contributed by atoms with Gasteiger partial charge in [0.2, 0.25) is 0 Å². The van der Waals surface area contributed by atoms with E-state index in [1.165, 1.54) is 5.56 Å². The molecule has 2 heteroatoms. The van der Waals surface area contributed by atoms with Crippen LogP contribution < -0.4 is 5.32 Å². The maximum atomic E-state index is 11.8. The Labute approximate surface area is 104 Å². The summed E-state index contributed by atoms with van der Waals surface area (Å²) in [5, 5.41) is 3.33. The Morgan fingerprint density at radius 3 is 2.18 bits per heavy atom. The number of anilines is 1. The minimum absolute atomic E-state index is 0.0764. The van der Waals surface area contributed by atoms with E-state index in [0.29, 0.717) is 12.3 Å². The monoisotopic (exact) mass is 233 g/mol. The van der Waals surface area contributed by atoms with Gasteiger partial charge in [0.15, 0.2) is 5.78 Å². The van der Waals surface area contributed by atoms with Gasteiger partial charge in [-0.15, -0.1) is 0 Å². The summed E-state index contributed by atoms with van der Waals surface area (Å²) in [4.78, 5) is 11.8. The molecule has 0 aromatic heterocycles. The molecule has 1 aromatic carbocycles. The highest BCUT2D eigenvalue weighted by Crippen LogP contribution is 2.15. The number of benzene rings is 1. The number of ketones is 1. The van der Waals surface area contributed by atoms with Gasteiger partial charge in [0.25, 0.3) is 0 Å². The van der Waals surface area contributed by atoms with Gasteiger partial charge >= 0.3 is 0 Å². The third-order valence-electron chi connectivity index (χ3n) is 3.05. The molecule has 0 aliphatic carbocycles. The lowest BCUT2D eigenvalue weighted by Crippen LogP contribution is -2.34. The molecule has 1 atom stereocenters. The number of hydrogen-bond donors (Lipinski definition) is 1. The van der Waals surface area contributed by atoms with E-state index < -0.39 is 0 Å². The van der Waals surface area contributed by atoms with Crippen molar-refractivity contribution in [2.45, 2.75) is 46.6 Å². The Hall–Kier alpha value is -1.31. The highest BCUT2D eigenvalue weighted by atomic mass is 16.1. The molecule has 0 radical (unpaired) electrons. The van der Waals surface area contributed by atoms with Gasteiger partial charge in [0.1, 0.15) is 0 Å². The van der Waals surface area contributed by atoms with Gasteiger partial charge in [-0.1, -0.05) is 39.8 Å². The third-order valence-corrected chi connectivity index (χ3v) is 3.05. The summed E-state index contributed by atoms with van der Waals surface area (Å²) in [6.07, 6.45) is 1.63. The summed E-state index contributed by atoms with van der Waals surface area (Å²) in [7, 11) is 0. The number of hydrogen-bond acceptors (Lipinski definition) is 2. The first-order valence-electron chi connectivity index (χ1n) is 6.46. The number of carbonyl (C=O) groups excluding carboxylic acids is 1. The van der Waals surface area contributed by atoms with Gasteiger partial charge in [-0.3, -0.25) is 4.79 Å². The topological polar surface area (TPSA) is 29.1 Å². The quantitative estimate of drug-likeness (QED) is 0.812. The molecular weight excluding hydrogens is 210 g/mol. The molecule has 0 saturated heterocycles. The van der Waals surface area contributed by atoms with Crippen molar-refractivity contribution < 1.29 is 4.79 Å². The van der Waals surface area contributed by atoms with Gasteiger partial charge in [0.05, 0.1) is 6.04 Å². The van der Waals surface area contributed by atoms with E-state index in [1.807, 2.05) is 6.92 Å². The summed E-state index contributed by atoms with van der Waals surface area (Å²) < 4.78 is 0. The number of rotatable bonds is 6. The molecule has 0 fully saturated rings. The van der Waals surface area contributed by atoms with Crippen molar-refractivity contribution in [2.75, 3.05) is 5.32 Å². The summed E-state index contributed by atoms with van der Waals surface area (Å²) in [5.41, 5.74) is 2.35. The molecule has 0 heterocycles. The van der Waals surface area contributed by atoms with Gasteiger partial charge < -0.3 is 5.32 Å². The summed E-state index contributed by atoms with van der Waals surface area (Å²) in [5.74, 6) is 0.591. The molecule has 2 nitrogen and oxygen atoms in total. The number of aryl methyl sites for hydroxylation is 1. The second-order valence-corrected chi connectivity index (χ2v) is 4.74. The molecule has 94 valence electrons. The number of Topliss-reactive ketones (excluding diaryl/α,β-unsaturated/α-hetero) is 1. The van der Waals surface area contributed by atoms with E-state index in [2.05, 4.69) is 50.4 Å². The van der Waals surface area contributed by atoms with Crippen LogP contribution in [0.25, 0.3) is 0 Å². The molecule has 0 bridgehead atoms. The molecule has 1 rings (SSSR count). The van der Waals surface area contributed by atoms with Crippen molar-refractivity contribution in [3.05, 3.63) is 29.8 Å². The van der Waals surface area contributed by atoms with Crippen LogP contribution >= 0.6 is 0 Å². The van der Waals surface area contributed by atoms with Gasteiger partial charge in [0, 0.05) is 12.1 Å². The lowest BCUT2D eigenvalue weighted by Gasteiger charge is -2.22. The Bertz CT molecular complexity index is 354. The molecule has 0 saturated carbocycles. The van der Waals surface area contributed by atoms with Gasteiger partial charge in [-0.25, -0.2) is 0 Å². The first-order chi connectivity index (χ1) is 8.08. The summed E-state index contributed by atoms with van der Waals surface area (Å²) in [6, 6.07) is 8.24. The van der Waals surface area contributed by atoms with Crippen molar-refractivity contribution in [3.8, 4) is 0 Å². The van der Waals surface area contributed by atoms with E-state index >= 15 is 0 Å². The van der Waals surface area contributed by atoms with Crippen LogP contribution in [0.5, 0.6) is 0 Å². The first-order valence-corrected chi connectivity index (χ1v) is 6.46. The third kappa shape index (κ3) is 3.88. The lowest BCUT2D eigenvalue weighted by molar-refractivity contribution is -0.120. The van der Waals surface area contributed by atoms with Crippen LogP contribution in [0.3, 0.4) is 0 Å². The van der Waals surface area contributed by atoms with E-state index in [-0.39, 0.29) is 11.8 Å². The van der Waals surface area contributed by atoms with Crippen molar-refractivity contribution >= 4 is 11.5 Å². The maximum absolute atomic E-state index is 11.8. The molecule has 0 amide bonds. The van der Waals surface area contributed by atoms with Crippen LogP contribution in [0.2, 0.25) is 0 Å². The molecule has 1 aromatic rings. The van der Waals surface area contributed by atoms with E-state index in [4.69, 9.17) is 0 Å². The smallest absolute Gasteiger partial charge is 0.154 e. The zero-order valence-corrected chi connectivity index (χ0v) is 11.3. The van der Waals surface area contributed by atoms with Crippen LogP contribution in [0.1, 0.15) is 39.7 Å². The predicted molar refractivity (Wildman–Crippen MR) is 73.4 cm³/mol. The van der Waals surface area contributed by atoms with Crippen LogP contribution in [-0.4, -0.2) is 11.8 Å². The average Bonchev–Trinajstić information content (AvgIpc) is 2.35. The molecular formula is C15H23NO. The molecule has 0 aliphatic heterocycles. The number of nitrogens with one attached hydrogen (secondary N) is 1. The SMILES string of the molecule is CCC(=O)C(Nc1ccc(CC)cc1)C(C)C. The van der Waals surface area contributed by atoms with E-state index in [0.717, 1.165) is 12.1 Å². The van der Waals surface area contributed by atoms with Crippen molar-refractivity contribution in [1.29, 1.82) is 0 Å². The van der Waals surface area contributed by atoms with Gasteiger partial charge in [-0.2, -0.15) is 0 Å². The average molecular weight is 233 g/mol. The molecule has 17 heavy (non-hydrogen) atoms. The molecule has 1 N–H and O–H groups in total. The van der Waals surface area contributed by atoms with Crippen molar-refractivity contribution in [2.24, 2.45) is 5.92 Å². The number of carbonyl (C=O) groups is 1. The summed E-state index contributed by atoms with van der Waals surface area (Å²) >= 11 is 0. The highest BCUT2D eigenvalue weighted by molar-refractivity contribution is 5.86. The van der Waals surface area contributed by atoms with Crippen molar-refractivity contribution in [1.82, 2.24) is 0 Å². The van der Waals surface area contributed by atoms with E-state index in [9.17, 15) is 4.79 Å². The fraction of sp³-hybridized carbons (Fsp3) is 0.533. The minimum Gasteiger partial charge on any atom is -0.375 e. The Morgan fingerprint density at radius 2 is 1.76 bits per heavy atom. The Kier molecular flexibility index (Phi) is 5.20. The lowest BCUT2D eigenvalue weighted by atomic mass is 9.98. The minimum atomic E-state index is -0.0764. The molecule has 0 aliphatic rings. The Morgan fingerprint density at radius 1 is 1.18 bits per heavy atom.